The van der Waals surface area contributed by atoms with Crippen molar-refractivity contribution in [3.05, 3.63) is 59.1 Å². The summed E-state index contributed by atoms with van der Waals surface area (Å²) in [7, 11) is 0. The second kappa shape index (κ2) is 7.61. The Morgan fingerprint density at radius 1 is 1.04 bits per heavy atom. The Hall–Kier alpha value is -1.81. The van der Waals surface area contributed by atoms with Crippen LogP contribution in [0, 0.1) is 6.92 Å². The zero-order valence-electron chi connectivity index (χ0n) is 14.1. The maximum Gasteiger partial charge on any atom is 0.0760 e. The van der Waals surface area contributed by atoms with E-state index in [0.717, 1.165) is 58.9 Å². The number of benzene rings is 2. The SMILES string of the molecule is Cc1cc(Cl)cc2c(N3CCNCC3)cc(-c3ccccc3)nc12.Cl. The van der Waals surface area contributed by atoms with E-state index in [0.29, 0.717) is 0 Å². The molecule has 0 aliphatic carbocycles. The number of nitrogens with one attached hydrogen (secondary N) is 1. The third kappa shape index (κ3) is 3.59. The van der Waals surface area contributed by atoms with E-state index < -0.39 is 0 Å². The monoisotopic (exact) mass is 373 g/mol. The van der Waals surface area contributed by atoms with Crippen LogP contribution >= 0.6 is 24.0 Å². The fourth-order valence-corrected chi connectivity index (χ4v) is 3.64. The molecule has 0 spiro atoms. The van der Waals surface area contributed by atoms with Gasteiger partial charge < -0.3 is 10.2 Å². The Bertz CT molecular complexity index is 875. The summed E-state index contributed by atoms with van der Waals surface area (Å²) in [5.41, 5.74) is 5.54. The first-order valence-corrected chi connectivity index (χ1v) is 8.72. The van der Waals surface area contributed by atoms with Gasteiger partial charge in [-0.25, -0.2) is 4.98 Å². The van der Waals surface area contributed by atoms with Crippen molar-refractivity contribution in [2.75, 3.05) is 31.1 Å². The number of fused-ring (bicyclic) bond motifs is 1. The molecule has 0 unspecified atom stereocenters. The third-order valence-corrected chi connectivity index (χ3v) is 4.79. The molecule has 0 atom stereocenters. The summed E-state index contributed by atoms with van der Waals surface area (Å²) in [4.78, 5) is 7.37. The van der Waals surface area contributed by atoms with Crippen LogP contribution in [0.5, 0.6) is 0 Å². The fourth-order valence-electron chi connectivity index (χ4n) is 3.36. The molecule has 1 fully saturated rings. The lowest BCUT2D eigenvalue weighted by molar-refractivity contribution is 0.590. The molecular formula is C20H21Cl2N3. The number of pyridine rings is 1. The van der Waals surface area contributed by atoms with E-state index in [1.807, 2.05) is 18.2 Å². The number of halogens is 2. The summed E-state index contributed by atoms with van der Waals surface area (Å²) in [5, 5.41) is 5.33. The van der Waals surface area contributed by atoms with Crippen molar-refractivity contribution < 1.29 is 0 Å². The Labute approximate surface area is 159 Å². The lowest BCUT2D eigenvalue weighted by atomic mass is 10.0. The normalized spacial score (nSPS) is 14.4. The Balaban J connectivity index is 0.00000182. The van der Waals surface area contributed by atoms with Crippen LogP contribution in [-0.4, -0.2) is 31.2 Å². The fraction of sp³-hybridized carbons (Fsp3) is 0.250. The Kier molecular flexibility index (Phi) is 5.48. The molecule has 0 saturated carbocycles. The van der Waals surface area contributed by atoms with E-state index in [-0.39, 0.29) is 12.4 Å². The van der Waals surface area contributed by atoms with E-state index >= 15 is 0 Å². The minimum Gasteiger partial charge on any atom is -0.368 e. The minimum absolute atomic E-state index is 0. The van der Waals surface area contributed by atoms with Gasteiger partial charge in [0.25, 0.3) is 0 Å². The quantitative estimate of drug-likeness (QED) is 0.705. The van der Waals surface area contributed by atoms with Crippen molar-refractivity contribution in [2.45, 2.75) is 6.92 Å². The van der Waals surface area contributed by atoms with E-state index in [1.54, 1.807) is 0 Å². The number of rotatable bonds is 2. The lowest BCUT2D eigenvalue weighted by Gasteiger charge is -2.31. The van der Waals surface area contributed by atoms with Crippen molar-refractivity contribution in [2.24, 2.45) is 0 Å². The van der Waals surface area contributed by atoms with Gasteiger partial charge in [0.2, 0.25) is 0 Å². The summed E-state index contributed by atoms with van der Waals surface area (Å²) in [6.45, 7) is 6.09. The molecule has 1 saturated heterocycles. The molecule has 1 aliphatic heterocycles. The molecule has 0 amide bonds. The van der Waals surface area contributed by atoms with Gasteiger partial charge in [-0.15, -0.1) is 12.4 Å². The van der Waals surface area contributed by atoms with Crippen LogP contribution in [0.4, 0.5) is 5.69 Å². The minimum atomic E-state index is 0. The number of nitrogens with zero attached hydrogens (tertiary/aromatic N) is 2. The average Bonchev–Trinajstić information content (AvgIpc) is 2.62. The number of aromatic nitrogens is 1. The highest BCUT2D eigenvalue weighted by Crippen LogP contribution is 2.34. The van der Waals surface area contributed by atoms with Crippen LogP contribution in [0.15, 0.2) is 48.5 Å². The maximum atomic E-state index is 6.33. The highest BCUT2D eigenvalue weighted by Gasteiger charge is 2.17. The summed E-state index contributed by atoms with van der Waals surface area (Å²) < 4.78 is 0. The van der Waals surface area contributed by atoms with Gasteiger partial charge in [0, 0.05) is 47.8 Å². The predicted octanol–water partition coefficient (Wildman–Crippen LogP) is 4.70. The Morgan fingerprint density at radius 3 is 2.48 bits per heavy atom. The van der Waals surface area contributed by atoms with Gasteiger partial charge in [-0.2, -0.15) is 0 Å². The number of hydrogen-bond donors (Lipinski definition) is 1. The molecule has 25 heavy (non-hydrogen) atoms. The molecule has 5 heteroatoms. The average molecular weight is 374 g/mol. The summed E-state index contributed by atoms with van der Waals surface area (Å²) in [6.07, 6.45) is 0. The van der Waals surface area contributed by atoms with Crippen molar-refractivity contribution in [1.82, 2.24) is 10.3 Å². The van der Waals surface area contributed by atoms with Crippen LogP contribution in [0.1, 0.15) is 5.56 Å². The van der Waals surface area contributed by atoms with Crippen LogP contribution in [0.25, 0.3) is 22.2 Å². The van der Waals surface area contributed by atoms with Gasteiger partial charge >= 0.3 is 0 Å². The van der Waals surface area contributed by atoms with Crippen molar-refractivity contribution in [1.29, 1.82) is 0 Å². The Morgan fingerprint density at radius 2 is 1.76 bits per heavy atom. The van der Waals surface area contributed by atoms with Gasteiger partial charge in [-0.05, 0) is 30.7 Å². The van der Waals surface area contributed by atoms with Crippen molar-refractivity contribution in [3.8, 4) is 11.3 Å². The van der Waals surface area contributed by atoms with E-state index in [9.17, 15) is 0 Å². The third-order valence-electron chi connectivity index (χ3n) is 4.57. The zero-order chi connectivity index (χ0) is 16.5. The van der Waals surface area contributed by atoms with Gasteiger partial charge in [-0.1, -0.05) is 41.9 Å². The van der Waals surface area contributed by atoms with Crippen LogP contribution in [-0.2, 0) is 0 Å². The summed E-state index contributed by atoms with van der Waals surface area (Å²) in [6, 6.07) is 16.6. The van der Waals surface area contributed by atoms with E-state index in [2.05, 4.69) is 47.5 Å². The number of hydrogen-bond acceptors (Lipinski definition) is 3. The molecule has 1 aromatic heterocycles. The summed E-state index contributed by atoms with van der Waals surface area (Å²) >= 11 is 6.33. The molecule has 3 aromatic rings. The smallest absolute Gasteiger partial charge is 0.0760 e. The lowest BCUT2D eigenvalue weighted by Crippen LogP contribution is -2.43. The molecular weight excluding hydrogens is 353 g/mol. The van der Waals surface area contributed by atoms with Gasteiger partial charge in [-0.3, -0.25) is 0 Å². The van der Waals surface area contributed by atoms with Gasteiger partial charge in [0.05, 0.1) is 11.2 Å². The molecule has 3 nitrogen and oxygen atoms in total. The van der Waals surface area contributed by atoms with Crippen LogP contribution in [0.3, 0.4) is 0 Å². The van der Waals surface area contributed by atoms with Crippen LogP contribution < -0.4 is 10.2 Å². The molecule has 0 bridgehead atoms. The first-order chi connectivity index (χ1) is 11.7. The van der Waals surface area contributed by atoms with Crippen molar-refractivity contribution in [3.63, 3.8) is 0 Å². The van der Waals surface area contributed by atoms with Gasteiger partial charge in [0.15, 0.2) is 0 Å². The highest BCUT2D eigenvalue weighted by atomic mass is 35.5. The molecule has 4 rings (SSSR count). The van der Waals surface area contributed by atoms with Crippen molar-refractivity contribution >= 4 is 40.6 Å². The topological polar surface area (TPSA) is 28.2 Å². The molecule has 2 heterocycles. The molecule has 1 aliphatic rings. The second-order valence-electron chi connectivity index (χ2n) is 6.25. The van der Waals surface area contributed by atoms with Gasteiger partial charge in [0.1, 0.15) is 0 Å². The van der Waals surface area contributed by atoms with Crippen LogP contribution in [0.2, 0.25) is 5.02 Å². The predicted molar refractivity (Wildman–Crippen MR) is 109 cm³/mol. The number of aryl methyl sites for hydroxylation is 1. The molecule has 1 N–H and O–H groups in total. The zero-order valence-corrected chi connectivity index (χ0v) is 15.7. The highest BCUT2D eigenvalue weighted by molar-refractivity contribution is 6.31. The number of anilines is 1. The molecule has 2 aromatic carbocycles. The molecule has 0 radical (unpaired) electrons. The molecule has 130 valence electrons. The standard InChI is InChI=1S/C20H20ClN3.ClH/c1-14-11-16(21)12-17-19(24-9-7-22-8-10-24)13-18(23-20(14)17)15-5-3-2-4-6-15;/h2-6,11-13,22H,7-10H2,1H3;1H. The largest absolute Gasteiger partial charge is 0.368 e. The summed E-state index contributed by atoms with van der Waals surface area (Å²) in [5.74, 6) is 0. The van der Waals surface area contributed by atoms with E-state index in [1.165, 1.54) is 5.69 Å². The first kappa shape index (κ1) is 18.0. The number of piperazine rings is 1. The first-order valence-electron chi connectivity index (χ1n) is 8.34. The second-order valence-corrected chi connectivity index (χ2v) is 6.68. The van der Waals surface area contributed by atoms with E-state index in [4.69, 9.17) is 16.6 Å². The maximum absolute atomic E-state index is 6.33.